The number of hydrogen-bond acceptors (Lipinski definition) is 4. The third-order valence-corrected chi connectivity index (χ3v) is 6.15. The molecule has 0 radical (unpaired) electrons. The molecule has 0 spiro atoms. The van der Waals surface area contributed by atoms with Gasteiger partial charge < -0.3 is 20.1 Å². The van der Waals surface area contributed by atoms with E-state index in [4.69, 9.17) is 33.3 Å². The molecule has 0 bridgehead atoms. The van der Waals surface area contributed by atoms with Gasteiger partial charge in [0.2, 0.25) is 0 Å². The third-order valence-electron chi connectivity index (χ3n) is 5.60. The summed E-state index contributed by atoms with van der Waals surface area (Å²) in [6, 6.07) is 21.8. The Morgan fingerprint density at radius 1 is 1.03 bits per heavy atom. The number of benzene rings is 3. The monoisotopic (exact) mass is 493 g/mol. The van der Waals surface area contributed by atoms with E-state index in [-0.39, 0.29) is 5.91 Å². The Labute approximate surface area is 209 Å². The maximum Gasteiger partial charge on any atom is 0.255 e. The lowest BCUT2D eigenvalue weighted by Gasteiger charge is -2.38. The number of thiocarbonyl (C=S) groups is 1. The Bertz CT molecular complexity index is 1250. The molecule has 6 nitrogen and oxygen atoms in total. The highest BCUT2D eigenvalue weighted by Crippen LogP contribution is 2.36. The van der Waals surface area contributed by atoms with E-state index in [1.807, 2.05) is 54.3 Å². The average Bonchev–Trinajstić information content (AvgIpc) is 2.84. The Morgan fingerprint density at radius 2 is 1.74 bits per heavy atom. The number of methoxy groups -OCH3 is 2. The van der Waals surface area contributed by atoms with Crippen LogP contribution in [0.15, 0.2) is 84.1 Å². The van der Waals surface area contributed by atoms with Gasteiger partial charge in [-0.3, -0.25) is 9.69 Å². The number of anilines is 2. The Balaban J connectivity index is 1.81. The smallest absolute Gasteiger partial charge is 0.255 e. The zero-order chi connectivity index (χ0) is 24.2. The van der Waals surface area contributed by atoms with Crippen molar-refractivity contribution in [1.82, 2.24) is 5.32 Å². The predicted molar refractivity (Wildman–Crippen MR) is 140 cm³/mol. The molecule has 34 heavy (non-hydrogen) atoms. The summed E-state index contributed by atoms with van der Waals surface area (Å²) in [7, 11) is 3.12. The Hall–Kier alpha value is -3.55. The van der Waals surface area contributed by atoms with E-state index in [0.29, 0.717) is 38.6 Å². The van der Waals surface area contributed by atoms with Crippen molar-refractivity contribution in [3.63, 3.8) is 0 Å². The van der Waals surface area contributed by atoms with Gasteiger partial charge >= 0.3 is 0 Å². The summed E-state index contributed by atoms with van der Waals surface area (Å²) in [6.45, 7) is 1.89. The zero-order valence-electron chi connectivity index (χ0n) is 19.0. The number of allylic oxidation sites excluding steroid dienone is 1. The minimum Gasteiger partial charge on any atom is -0.497 e. The topological polar surface area (TPSA) is 62.8 Å². The minimum atomic E-state index is -0.471. The summed E-state index contributed by atoms with van der Waals surface area (Å²) in [5.74, 6) is 0.833. The molecule has 1 atom stereocenters. The Morgan fingerprint density at radius 3 is 2.38 bits per heavy atom. The van der Waals surface area contributed by atoms with Crippen LogP contribution >= 0.6 is 23.8 Å². The highest BCUT2D eigenvalue weighted by atomic mass is 35.5. The fourth-order valence-corrected chi connectivity index (χ4v) is 4.42. The first-order valence-corrected chi connectivity index (χ1v) is 11.4. The first-order chi connectivity index (χ1) is 16.4. The summed E-state index contributed by atoms with van der Waals surface area (Å²) in [5.41, 5.74) is 3.46. The molecule has 4 rings (SSSR count). The molecule has 0 saturated carbocycles. The van der Waals surface area contributed by atoms with Crippen LogP contribution < -0.4 is 25.0 Å². The van der Waals surface area contributed by atoms with E-state index in [1.165, 1.54) is 0 Å². The first kappa shape index (κ1) is 23.6. The summed E-state index contributed by atoms with van der Waals surface area (Å²) < 4.78 is 10.8. The number of nitrogens with zero attached hydrogens (tertiary/aromatic N) is 1. The molecule has 3 aromatic rings. The number of halogens is 1. The van der Waals surface area contributed by atoms with Gasteiger partial charge in [0, 0.05) is 22.5 Å². The molecular weight excluding hydrogens is 470 g/mol. The second-order valence-corrected chi connectivity index (χ2v) is 8.45. The van der Waals surface area contributed by atoms with E-state index >= 15 is 0 Å². The van der Waals surface area contributed by atoms with Crippen LogP contribution in [-0.2, 0) is 4.79 Å². The van der Waals surface area contributed by atoms with Crippen LogP contribution in [0.2, 0.25) is 5.02 Å². The van der Waals surface area contributed by atoms with Crippen LogP contribution in [0.4, 0.5) is 11.4 Å². The van der Waals surface area contributed by atoms with Gasteiger partial charge in [-0.15, -0.1) is 0 Å². The van der Waals surface area contributed by atoms with Crippen LogP contribution in [0.3, 0.4) is 0 Å². The van der Waals surface area contributed by atoms with Crippen molar-refractivity contribution in [1.29, 1.82) is 0 Å². The molecular formula is C26H24ClN3O3S. The third kappa shape index (κ3) is 4.71. The van der Waals surface area contributed by atoms with Gasteiger partial charge in [0.1, 0.15) is 11.5 Å². The maximum absolute atomic E-state index is 13.8. The quantitative estimate of drug-likeness (QED) is 0.429. The fourth-order valence-electron chi connectivity index (χ4n) is 3.93. The Kier molecular flexibility index (Phi) is 7.05. The SMILES string of the molecule is COc1ccc(OC)c(NC(=O)C2=C(C)N(c3ccccc3)C(=S)NC2c2ccc(Cl)cc2)c1. The molecule has 0 aromatic heterocycles. The number of hydrogen-bond donors (Lipinski definition) is 2. The standard InChI is InChI=1S/C26H24ClN3O3S/c1-16-23(25(31)28-21-15-20(32-2)13-14-22(21)33-3)24(17-9-11-18(27)12-10-17)29-26(34)30(16)19-7-5-4-6-8-19/h4-15,24H,1-3H3,(H,28,31)(H,29,34). The van der Waals surface area contributed by atoms with Crippen LogP contribution in [0, 0.1) is 0 Å². The van der Waals surface area contributed by atoms with Crippen LogP contribution in [0.1, 0.15) is 18.5 Å². The van der Waals surface area contributed by atoms with Gasteiger partial charge in [0.25, 0.3) is 5.91 Å². The van der Waals surface area contributed by atoms with Crippen molar-refractivity contribution >= 4 is 46.2 Å². The molecule has 1 aliphatic heterocycles. The molecule has 0 fully saturated rings. The molecule has 8 heteroatoms. The number of carbonyl (C=O) groups excluding carboxylic acids is 1. The molecule has 1 unspecified atom stereocenters. The van der Waals surface area contributed by atoms with Crippen LogP contribution in [0.25, 0.3) is 0 Å². The highest BCUT2D eigenvalue weighted by Gasteiger charge is 2.35. The van der Waals surface area contributed by atoms with E-state index in [1.54, 1.807) is 44.6 Å². The fraction of sp³-hybridized carbons (Fsp3) is 0.154. The van der Waals surface area contributed by atoms with Crippen molar-refractivity contribution in [2.75, 3.05) is 24.4 Å². The summed E-state index contributed by atoms with van der Waals surface area (Å²) >= 11 is 11.8. The molecule has 0 aliphatic carbocycles. The molecule has 1 aliphatic rings. The van der Waals surface area contributed by atoms with Crippen LogP contribution in [-0.4, -0.2) is 25.2 Å². The second kappa shape index (κ2) is 10.2. The minimum absolute atomic E-state index is 0.292. The zero-order valence-corrected chi connectivity index (χ0v) is 20.5. The first-order valence-electron chi connectivity index (χ1n) is 10.6. The van der Waals surface area contributed by atoms with Gasteiger partial charge in [0.05, 0.1) is 31.5 Å². The van der Waals surface area contributed by atoms with Gasteiger partial charge in [-0.25, -0.2) is 0 Å². The van der Waals surface area contributed by atoms with Crippen molar-refractivity contribution < 1.29 is 14.3 Å². The molecule has 1 heterocycles. The number of nitrogens with one attached hydrogen (secondary N) is 2. The highest BCUT2D eigenvalue weighted by molar-refractivity contribution is 7.80. The largest absolute Gasteiger partial charge is 0.497 e. The number of para-hydroxylation sites is 1. The van der Waals surface area contributed by atoms with Crippen molar-refractivity contribution in [3.05, 3.63) is 94.7 Å². The van der Waals surface area contributed by atoms with Gasteiger partial charge in [-0.2, -0.15) is 0 Å². The summed E-state index contributed by atoms with van der Waals surface area (Å²) in [5, 5.41) is 7.45. The summed E-state index contributed by atoms with van der Waals surface area (Å²) in [4.78, 5) is 15.6. The maximum atomic E-state index is 13.8. The van der Waals surface area contributed by atoms with Crippen molar-refractivity contribution in [2.24, 2.45) is 0 Å². The lowest BCUT2D eigenvalue weighted by Crippen LogP contribution is -2.48. The second-order valence-electron chi connectivity index (χ2n) is 7.62. The summed E-state index contributed by atoms with van der Waals surface area (Å²) in [6.07, 6.45) is 0. The molecule has 0 saturated heterocycles. The lowest BCUT2D eigenvalue weighted by molar-refractivity contribution is -0.113. The van der Waals surface area contributed by atoms with E-state index in [2.05, 4.69) is 10.6 Å². The number of rotatable bonds is 6. The molecule has 1 amide bonds. The molecule has 2 N–H and O–H groups in total. The van der Waals surface area contributed by atoms with Gasteiger partial charge in [-0.1, -0.05) is 41.9 Å². The van der Waals surface area contributed by atoms with Gasteiger partial charge in [-0.05, 0) is 61.1 Å². The van der Waals surface area contributed by atoms with E-state index in [9.17, 15) is 4.79 Å². The lowest BCUT2D eigenvalue weighted by atomic mass is 9.94. The molecule has 3 aromatic carbocycles. The van der Waals surface area contributed by atoms with E-state index in [0.717, 1.165) is 11.3 Å². The van der Waals surface area contributed by atoms with Crippen LogP contribution in [0.5, 0.6) is 11.5 Å². The normalized spacial score (nSPS) is 15.6. The molecule has 174 valence electrons. The number of amides is 1. The average molecular weight is 494 g/mol. The van der Waals surface area contributed by atoms with E-state index < -0.39 is 6.04 Å². The number of ether oxygens (including phenoxy) is 2. The number of carbonyl (C=O) groups is 1. The van der Waals surface area contributed by atoms with Crippen molar-refractivity contribution in [2.45, 2.75) is 13.0 Å². The van der Waals surface area contributed by atoms with Crippen molar-refractivity contribution in [3.8, 4) is 11.5 Å². The predicted octanol–water partition coefficient (Wildman–Crippen LogP) is 5.71. The van der Waals surface area contributed by atoms with Gasteiger partial charge in [0.15, 0.2) is 5.11 Å².